The van der Waals surface area contributed by atoms with Gasteiger partial charge in [-0.2, -0.15) is 0 Å². The zero-order valence-electron chi connectivity index (χ0n) is 17.7. The van der Waals surface area contributed by atoms with Crippen molar-refractivity contribution in [3.63, 3.8) is 0 Å². The number of pyridine rings is 1. The molecule has 3 aromatic rings. The van der Waals surface area contributed by atoms with Gasteiger partial charge < -0.3 is 5.32 Å². The minimum Gasteiger partial charge on any atom is -0.349 e. The van der Waals surface area contributed by atoms with Crippen LogP contribution in [0.4, 0.5) is 5.69 Å². The molecule has 2 amide bonds. The van der Waals surface area contributed by atoms with Crippen molar-refractivity contribution in [3.8, 4) is 0 Å². The lowest BCUT2D eigenvalue weighted by Gasteiger charge is -2.34. The summed E-state index contributed by atoms with van der Waals surface area (Å²) in [5.41, 5.74) is 2.89. The van der Waals surface area contributed by atoms with E-state index in [1.54, 1.807) is 29.9 Å². The number of carbonyl (C=O) groups is 2. The highest BCUT2D eigenvalue weighted by Crippen LogP contribution is 2.33. The Morgan fingerprint density at radius 3 is 2.40 bits per heavy atom. The molecule has 0 bridgehead atoms. The van der Waals surface area contributed by atoms with Crippen molar-refractivity contribution in [2.45, 2.75) is 46.2 Å². The Kier molecular flexibility index (Phi) is 6.26. The summed E-state index contributed by atoms with van der Waals surface area (Å²) in [5.74, 6) is -0.672. The van der Waals surface area contributed by atoms with Crippen molar-refractivity contribution in [2.75, 3.05) is 4.90 Å². The molecule has 0 saturated heterocycles. The average Bonchev–Trinajstić information content (AvgIpc) is 3.21. The number of hydrogen-bond acceptors (Lipinski definition) is 6. The molecule has 0 aliphatic rings. The molecule has 1 atom stereocenters. The Labute approximate surface area is 180 Å². The van der Waals surface area contributed by atoms with E-state index >= 15 is 0 Å². The predicted octanol–water partition coefficient (Wildman–Crippen LogP) is 3.85. The minimum atomic E-state index is -0.901. The van der Waals surface area contributed by atoms with Crippen LogP contribution < -0.4 is 10.2 Å². The summed E-state index contributed by atoms with van der Waals surface area (Å²) < 4.78 is 3.83. The second kappa shape index (κ2) is 8.71. The smallest absolute Gasteiger partial charge is 0.280 e. The topological polar surface area (TPSA) is 88.1 Å². The molecule has 7 nitrogen and oxygen atoms in total. The fourth-order valence-corrected chi connectivity index (χ4v) is 3.56. The molecule has 0 fully saturated rings. The zero-order chi connectivity index (χ0) is 21.9. The van der Waals surface area contributed by atoms with Gasteiger partial charge >= 0.3 is 0 Å². The predicted molar refractivity (Wildman–Crippen MR) is 118 cm³/mol. The van der Waals surface area contributed by atoms with Crippen LogP contribution in [-0.2, 0) is 4.79 Å². The van der Waals surface area contributed by atoms with Gasteiger partial charge in [0.15, 0.2) is 5.69 Å². The van der Waals surface area contributed by atoms with Gasteiger partial charge in [0, 0.05) is 29.0 Å². The van der Waals surface area contributed by atoms with Gasteiger partial charge in [-0.25, -0.2) is 0 Å². The maximum absolute atomic E-state index is 13.6. The summed E-state index contributed by atoms with van der Waals surface area (Å²) >= 11 is 1.09. The van der Waals surface area contributed by atoms with Crippen LogP contribution in [0.5, 0.6) is 0 Å². The number of amides is 2. The van der Waals surface area contributed by atoms with Crippen LogP contribution in [0.2, 0.25) is 0 Å². The van der Waals surface area contributed by atoms with E-state index in [2.05, 4.69) is 19.9 Å². The summed E-state index contributed by atoms with van der Waals surface area (Å²) in [6, 6.07) is 8.42. The molecule has 1 N–H and O–H groups in total. The summed E-state index contributed by atoms with van der Waals surface area (Å²) in [7, 11) is 0. The molecule has 8 heteroatoms. The van der Waals surface area contributed by atoms with Gasteiger partial charge in [0.05, 0.1) is 0 Å². The summed E-state index contributed by atoms with van der Waals surface area (Å²) in [4.78, 5) is 32.6. The van der Waals surface area contributed by atoms with Gasteiger partial charge in [-0.1, -0.05) is 16.6 Å². The monoisotopic (exact) mass is 423 g/mol. The highest BCUT2D eigenvalue weighted by Gasteiger charge is 2.36. The average molecular weight is 424 g/mol. The van der Waals surface area contributed by atoms with Gasteiger partial charge in [-0.05, 0) is 81.0 Å². The molecule has 3 rings (SSSR count). The highest BCUT2D eigenvalue weighted by molar-refractivity contribution is 7.03. The number of aromatic nitrogens is 3. The quantitative estimate of drug-likeness (QED) is 0.673. The third-order valence-corrected chi connectivity index (χ3v) is 4.95. The standard InChI is InChI=1S/C22H25N5O2S/c1-14-6-7-15(2)18(12-14)27(21(29)17-13-30-26-25-17)19(16-8-10-23-11-9-16)20(28)24-22(3,4)5/h6-13,19H,1-5H3,(H,24,28)/t19-/m0/s1. The van der Waals surface area contributed by atoms with Crippen LogP contribution in [0.25, 0.3) is 0 Å². The fourth-order valence-electron chi connectivity index (χ4n) is 3.13. The Morgan fingerprint density at radius 1 is 1.10 bits per heavy atom. The SMILES string of the molecule is Cc1ccc(C)c(N(C(=O)c2csnn2)[C@H](C(=O)NC(C)(C)C)c2ccncc2)c1. The maximum Gasteiger partial charge on any atom is 0.280 e. The normalized spacial score (nSPS) is 12.3. The second-order valence-electron chi connectivity index (χ2n) is 8.18. The lowest BCUT2D eigenvalue weighted by atomic mass is 10.00. The van der Waals surface area contributed by atoms with Crippen LogP contribution in [0.15, 0.2) is 48.1 Å². The van der Waals surface area contributed by atoms with E-state index in [4.69, 9.17) is 0 Å². The first-order chi connectivity index (χ1) is 14.2. The number of nitrogens with one attached hydrogen (secondary N) is 1. The molecule has 1 aromatic carbocycles. The van der Waals surface area contributed by atoms with Crippen molar-refractivity contribution >= 4 is 29.0 Å². The van der Waals surface area contributed by atoms with Crippen LogP contribution in [-0.4, -0.2) is 31.9 Å². The number of nitrogens with zero attached hydrogens (tertiary/aromatic N) is 4. The van der Waals surface area contributed by atoms with Crippen molar-refractivity contribution < 1.29 is 9.59 Å². The number of carbonyl (C=O) groups excluding carboxylic acids is 2. The first-order valence-corrected chi connectivity index (χ1v) is 10.4. The van der Waals surface area contributed by atoms with E-state index in [9.17, 15) is 9.59 Å². The molecule has 0 radical (unpaired) electrons. The second-order valence-corrected chi connectivity index (χ2v) is 8.79. The Morgan fingerprint density at radius 2 is 1.80 bits per heavy atom. The molecular formula is C22H25N5O2S. The summed E-state index contributed by atoms with van der Waals surface area (Å²) in [6.45, 7) is 9.58. The molecule has 0 unspecified atom stereocenters. The van der Waals surface area contributed by atoms with Gasteiger partial charge in [0.25, 0.3) is 5.91 Å². The third-order valence-electron chi connectivity index (χ3n) is 4.45. The molecule has 0 aliphatic carbocycles. The summed E-state index contributed by atoms with van der Waals surface area (Å²) in [6.07, 6.45) is 3.23. The van der Waals surface area contributed by atoms with Crippen LogP contribution in [0, 0.1) is 13.8 Å². The first kappa shape index (κ1) is 21.6. The highest BCUT2D eigenvalue weighted by atomic mass is 32.1. The number of hydrogen-bond donors (Lipinski definition) is 1. The van der Waals surface area contributed by atoms with E-state index in [-0.39, 0.29) is 17.5 Å². The third kappa shape index (κ3) is 4.88. The molecule has 2 heterocycles. The number of rotatable bonds is 5. The molecular weight excluding hydrogens is 398 g/mol. The molecule has 156 valence electrons. The summed E-state index contributed by atoms with van der Waals surface area (Å²) in [5, 5.41) is 8.56. The largest absolute Gasteiger partial charge is 0.349 e. The van der Waals surface area contributed by atoms with Crippen molar-refractivity contribution in [1.82, 2.24) is 19.9 Å². The molecule has 0 saturated carbocycles. The van der Waals surface area contributed by atoms with Gasteiger partial charge in [0.2, 0.25) is 5.91 Å². The maximum atomic E-state index is 13.6. The van der Waals surface area contributed by atoms with Gasteiger partial charge in [-0.15, -0.1) is 5.10 Å². The molecule has 30 heavy (non-hydrogen) atoms. The lowest BCUT2D eigenvalue weighted by Crippen LogP contribution is -2.49. The van der Waals surface area contributed by atoms with Gasteiger partial charge in [-0.3, -0.25) is 19.5 Å². The van der Waals surface area contributed by atoms with Crippen molar-refractivity contribution in [3.05, 3.63) is 70.5 Å². The molecule has 0 aliphatic heterocycles. The van der Waals surface area contributed by atoms with Crippen LogP contribution >= 0.6 is 11.5 Å². The Balaban J connectivity index is 2.21. The van der Waals surface area contributed by atoms with E-state index in [0.29, 0.717) is 11.3 Å². The zero-order valence-corrected chi connectivity index (χ0v) is 18.5. The first-order valence-electron chi connectivity index (χ1n) is 9.57. The number of benzene rings is 1. The van der Waals surface area contributed by atoms with Crippen LogP contribution in [0.1, 0.15) is 54.0 Å². The van der Waals surface area contributed by atoms with E-state index < -0.39 is 11.6 Å². The fraction of sp³-hybridized carbons (Fsp3) is 0.318. The Bertz CT molecular complexity index is 1030. The number of anilines is 1. The van der Waals surface area contributed by atoms with Crippen LogP contribution in [0.3, 0.4) is 0 Å². The lowest BCUT2D eigenvalue weighted by molar-refractivity contribution is -0.123. The van der Waals surface area contributed by atoms with Crippen molar-refractivity contribution in [2.24, 2.45) is 0 Å². The van der Waals surface area contributed by atoms with E-state index in [1.807, 2.05) is 52.8 Å². The Hall–Kier alpha value is -3.13. The minimum absolute atomic E-state index is 0.198. The van der Waals surface area contributed by atoms with Crippen molar-refractivity contribution in [1.29, 1.82) is 0 Å². The number of aryl methyl sites for hydroxylation is 2. The van der Waals surface area contributed by atoms with E-state index in [1.165, 1.54) is 4.90 Å². The van der Waals surface area contributed by atoms with Gasteiger partial charge in [0.1, 0.15) is 6.04 Å². The molecule has 2 aromatic heterocycles. The molecule has 0 spiro atoms. The van der Waals surface area contributed by atoms with E-state index in [0.717, 1.165) is 22.7 Å².